The summed E-state index contributed by atoms with van der Waals surface area (Å²) in [6.07, 6.45) is 6.41. The number of amides is 1. The Hall–Kier alpha value is -3.48. The molecular weight excluding hydrogens is 318 g/mol. The van der Waals surface area contributed by atoms with Gasteiger partial charge < -0.3 is 15.4 Å². The molecule has 0 radical (unpaired) electrons. The van der Waals surface area contributed by atoms with Crippen LogP contribution in [0, 0.1) is 0 Å². The summed E-state index contributed by atoms with van der Waals surface area (Å²) in [4.78, 5) is 24.9. The molecule has 0 spiro atoms. The third kappa shape index (κ3) is 4.29. The summed E-state index contributed by atoms with van der Waals surface area (Å²) in [6, 6.07) is 10.5. The normalized spacial score (nSPS) is 10.1. The molecule has 0 aliphatic carbocycles. The first-order chi connectivity index (χ1) is 12.3. The zero-order chi connectivity index (χ0) is 17.5. The zero-order valence-electron chi connectivity index (χ0n) is 13.6. The van der Waals surface area contributed by atoms with E-state index in [1.165, 1.54) is 0 Å². The average molecular weight is 335 g/mol. The van der Waals surface area contributed by atoms with Crippen molar-refractivity contribution in [2.45, 2.75) is 6.92 Å². The van der Waals surface area contributed by atoms with Crippen LogP contribution in [0.15, 0.2) is 61.2 Å². The Morgan fingerprint density at radius 2 is 1.96 bits per heavy atom. The van der Waals surface area contributed by atoms with Crippen LogP contribution in [0.4, 0.5) is 17.3 Å². The van der Waals surface area contributed by atoms with Gasteiger partial charge in [-0.05, 0) is 31.2 Å². The number of rotatable bonds is 6. The molecule has 0 saturated carbocycles. The number of aromatic nitrogens is 3. The maximum Gasteiger partial charge on any atom is 0.255 e. The van der Waals surface area contributed by atoms with Crippen LogP contribution in [0.3, 0.4) is 0 Å². The molecule has 0 aliphatic rings. The smallest absolute Gasteiger partial charge is 0.255 e. The number of hydrogen-bond donors (Lipinski definition) is 2. The molecule has 1 amide bonds. The monoisotopic (exact) mass is 335 g/mol. The van der Waals surface area contributed by atoms with Crippen LogP contribution in [0.2, 0.25) is 0 Å². The predicted molar refractivity (Wildman–Crippen MR) is 95.1 cm³/mol. The molecule has 3 heterocycles. The largest absolute Gasteiger partial charge is 0.492 e. The highest BCUT2D eigenvalue weighted by Gasteiger charge is 2.11. The molecule has 0 atom stereocenters. The van der Waals surface area contributed by atoms with E-state index in [0.29, 0.717) is 35.2 Å². The molecule has 7 nitrogen and oxygen atoms in total. The van der Waals surface area contributed by atoms with E-state index in [1.54, 1.807) is 43.0 Å². The molecular formula is C18H17N5O2. The first-order valence-electron chi connectivity index (χ1n) is 7.78. The summed E-state index contributed by atoms with van der Waals surface area (Å²) < 4.78 is 5.49. The van der Waals surface area contributed by atoms with E-state index in [1.807, 2.05) is 25.1 Å². The number of carbonyl (C=O) groups is 1. The van der Waals surface area contributed by atoms with Crippen molar-refractivity contribution in [3.8, 4) is 5.75 Å². The van der Waals surface area contributed by atoms with Gasteiger partial charge in [0.2, 0.25) is 0 Å². The Balaban J connectivity index is 1.76. The van der Waals surface area contributed by atoms with Crippen LogP contribution in [0.1, 0.15) is 17.3 Å². The van der Waals surface area contributed by atoms with Crippen LogP contribution in [0.25, 0.3) is 0 Å². The van der Waals surface area contributed by atoms with E-state index in [4.69, 9.17) is 4.74 Å². The second kappa shape index (κ2) is 7.87. The Morgan fingerprint density at radius 3 is 2.76 bits per heavy atom. The first kappa shape index (κ1) is 16.4. The van der Waals surface area contributed by atoms with Gasteiger partial charge in [-0.2, -0.15) is 0 Å². The van der Waals surface area contributed by atoms with Crippen LogP contribution in [0.5, 0.6) is 5.75 Å². The number of ether oxygens (including phenoxy) is 1. The van der Waals surface area contributed by atoms with E-state index < -0.39 is 0 Å². The highest BCUT2D eigenvalue weighted by atomic mass is 16.5. The minimum absolute atomic E-state index is 0.277. The molecule has 0 unspecified atom stereocenters. The van der Waals surface area contributed by atoms with E-state index in [2.05, 4.69) is 25.6 Å². The van der Waals surface area contributed by atoms with Gasteiger partial charge in [0, 0.05) is 30.2 Å². The lowest BCUT2D eigenvalue weighted by Crippen LogP contribution is -2.13. The van der Waals surface area contributed by atoms with Crippen LogP contribution < -0.4 is 15.4 Å². The van der Waals surface area contributed by atoms with Crippen molar-refractivity contribution in [3.05, 3.63) is 66.7 Å². The van der Waals surface area contributed by atoms with Crippen molar-refractivity contribution in [1.29, 1.82) is 0 Å². The lowest BCUT2D eigenvalue weighted by molar-refractivity contribution is 0.102. The molecule has 3 rings (SSSR count). The SMILES string of the molecule is CCOc1ccncc1NC(=O)c1ccnc(Nc2ccccn2)c1. The number of carbonyl (C=O) groups excluding carboxylic acids is 1. The Labute approximate surface area is 145 Å². The standard InChI is InChI=1S/C18H17N5O2/c1-2-25-15-7-9-19-12-14(15)22-18(24)13-6-10-21-17(11-13)23-16-5-3-4-8-20-16/h3-12H,2H2,1H3,(H,22,24)(H,20,21,23). The molecule has 25 heavy (non-hydrogen) atoms. The van der Waals surface area contributed by atoms with E-state index in [9.17, 15) is 4.79 Å². The summed E-state index contributed by atoms with van der Waals surface area (Å²) in [5, 5.41) is 5.86. The van der Waals surface area contributed by atoms with Crippen molar-refractivity contribution in [2.24, 2.45) is 0 Å². The van der Waals surface area contributed by atoms with Gasteiger partial charge >= 0.3 is 0 Å². The van der Waals surface area contributed by atoms with Gasteiger partial charge in [-0.25, -0.2) is 9.97 Å². The molecule has 3 aromatic heterocycles. The van der Waals surface area contributed by atoms with Gasteiger partial charge in [-0.3, -0.25) is 9.78 Å². The average Bonchev–Trinajstić information content (AvgIpc) is 2.64. The number of hydrogen-bond acceptors (Lipinski definition) is 6. The van der Waals surface area contributed by atoms with E-state index >= 15 is 0 Å². The highest BCUT2D eigenvalue weighted by Crippen LogP contribution is 2.23. The molecule has 0 aliphatic heterocycles. The number of nitrogens with zero attached hydrogens (tertiary/aromatic N) is 3. The van der Waals surface area contributed by atoms with E-state index in [-0.39, 0.29) is 5.91 Å². The Morgan fingerprint density at radius 1 is 1.08 bits per heavy atom. The maximum absolute atomic E-state index is 12.5. The summed E-state index contributed by atoms with van der Waals surface area (Å²) in [6.45, 7) is 2.38. The second-order valence-electron chi connectivity index (χ2n) is 5.03. The van der Waals surface area contributed by atoms with Crippen LogP contribution >= 0.6 is 0 Å². The molecule has 0 fully saturated rings. The molecule has 2 N–H and O–H groups in total. The quantitative estimate of drug-likeness (QED) is 0.719. The molecule has 0 bridgehead atoms. The molecule has 7 heteroatoms. The Bertz CT molecular complexity index is 855. The molecule has 3 aromatic rings. The van der Waals surface area contributed by atoms with Gasteiger partial charge in [0.05, 0.1) is 12.8 Å². The van der Waals surface area contributed by atoms with Crippen molar-refractivity contribution in [1.82, 2.24) is 15.0 Å². The fourth-order valence-corrected chi connectivity index (χ4v) is 2.16. The fraction of sp³-hybridized carbons (Fsp3) is 0.111. The van der Waals surface area contributed by atoms with Gasteiger partial charge in [0.25, 0.3) is 5.91 Å². The minimum Gasteiger partial charge on any atom is -0.492 e. The zero-order valence-corrected chi connectivity index (χ0v) is 13.6. The predicted octanol–water partition coefficient (Wildman–Crippen LogP) is 3.27. The summed E-state index contributed by atoms with van der Waals surface area (Å²) in [5.41, 5.74) is 0.977. The lowest BCUT2D eigenvalue weighted by atomic mass is 10.2. The van der Waals surface area contributed by atoms with Crippen molar-refractivity contribution >= 4 is 23.2 Å². The second-order valence-corrected chi connectivity index (χ2v) is 5.03. The first-order valence-corrected chi connectivity index (χ1v) is 7.78. The molecule has 126 valence electrons. The molecule has 0 aromatic carbocycles. The van der Waals surface area contributed by atoms with Crippen molar-refractivity contribution in [3.63, 3.8) is 0 Å². The van der Waals surface area contributed by atoms with Crippen molar-refractivity contribution in [2.75, 3.05) is 17.2 Å². The van der Waals surface area contributed by atoms with Crippen molar-refractivity contribution < 1.29 is 9.53 Å². The van der Waals surface area contributed by atoms with Crippen LogP contribution in [-0.4, -0.2) is 27.5 Å². The summed E-state index contributed by atoms with van der Waals surface area (Å²) in [7, 11) is 0. The topological polar surface area (TPSA) is 89.0 Å². The van der Waals surface area contributed by atoms with Gasteiger partial charge in [0.1, 0.15) is 23.1 Å². The number of anilines is 3. The lowest BCUT2D eigenvalue weighted by Gasteiger charge is -2.11. The van der Waals surface area contributed by atoms with Gasteiger partial charge in [-0.1, -0.05) is 6.07 Å². The molecule has 0 saturated heterocycles. The fourth-order valence-electron chi connectivity index (χ4n) is 2.16. The summed E-state index contributed by atoms with van der Waals surface area (Å²) >= 11 is 0. The number of nitrogens with one attached hydrogen (secondary N) is 2. The third-order valence-corrected chi connectivity index (χ3v) is 3.27. The van der Waals surface area contributed by atoms with Crippen LogP contribution in [-0.2, 0) is 0 Å². The number of pyridine rings is 3. The summed E-state index contributed by atoms with van der Waals surface area (Å²) in [5.74, 6) is 1.48. The Kier molecular flexibility index (Phi) is 5.16. The minimum atomic E-state index is -0.277. The van der Waals surface area contributed by atoms with Gasteiger partial charge in [-0.15, -0.1) is 0 Å². The maximum atomic E-state index is 12.5. The third-order valence-electron chi connectivity index (χ3n) is 3.27. The van der Waals surface area contributed by atoms with Gasteiger partial charge in [0.15, 0.2) is 0 Å². The highest BCUT2D eigenvalue weighted by molar-refractivity contribution is 6.05. The van der Waals surface area contributed by atoms with E-state index in [0.717, 1.165) is 0 Å².